The minimum Gasteiger partial charge on any atom is -0.0651 e. The molecule has 1 saturated carbocycles. The van der Waals surface area contributed by atoms with Gasteiger partial charge in [-0.25, -0.2) is 0 Å². The molecule has 0 radical (unpaired) electrons. The number of hydrogen-bond acceptors (Lipinski definition) is 0. The second kappa shape index (κ2) is 5.52. The molecule has 0 N–H and O–H groups in total. The number of benzene rings is 1. The van der Waals surface area contributed by atoms with Crippen molar-refractivity contribution in [1.29, 1.82) is 0 Å². The van der Waals surface area contributed by atoms with E-state index in [1.165, 1.54) is 37.7 Å². The fraction of sp³-hybridized carbons (Fsp3) is 0.625. The molecule has 2 rings (SSSR count). The summed E-state index contributed by atoms with van der Waals surface area (Å²) in [6, 6.07) is 11.0. The van der Waals surface area contributed by atoms with Crippen LogP contribution in [0.3, 0.4) is 0 Å². The Hall–Kier alpha value is -0.780. The van der Waals surface area contributed by atoms with Crippen molar-refractivity contribution < 1.29 is 0 Å². The average molecular weight is 216 g/mol. The van der Waals surface area contributed by atoms with E-state index in [2.05, 4.69) is 44.2 Å². The number of hydrogen-bond donors (Lipinski definition) is 0. The Bertz CT molecular complexity index is 293. The summed E-state index contributed by atoms with van der Waals surface area (Å²) in [6.07, 6.45) is 7.17. The lowest BCUT2D eigenvalue weighted by Crippen LogP contribution is -2.18. The van der Waals surface area contributed by atoms with Gasteiger partial charge in [0.2, 0.25) is 0 Å². The average Bonchev–Trinajstić information content (AvgIpc) is 2.39. The van der Waals surface area contributed by atoms with Gasteiger partial charge in [0.25, 0.3) is 0 Å². The molecule has 1 aliphatic rings. The third kappa shape index (κ3) is 2.66. The van der Waals surface area contributed by atoms with Gasteiger partial charge in [0.05, 0.1) is 0 Å². The van der Waals surface area contributed by atoms with Gasteiger partial charge in [0, 0.05) is 0 Å². The normalized spacial score (nSPS) is 27.6. The molecular weight excluding hydrogens is 192 g/mol. The predicted molar refractivity (Wildman–Crippen MR) is 70.6 cm³/mol. The van der Waals surface area contributed by atoms with E-state index in [-0.39, 0.29) is 0 Å². The largest absolute Gasteiger partial charge is 0.0651 e. The van der Waals surface area contributed by atoms with Crippen LogP contribution in [0.4, 0.5) is 0 Å². The monoisotopic (exact) mass is 216 g/mol. The summed E-state index contributed by atoms with van der Waals surface area (Å²) in [4.78, 5) is 0. The summed E-state index contributed by atoms with van der Waals surface area (Å²) in [5, 5.41) is 0. The van der Waals surface area contributed by atoms with Crippen LogP contribution in [0.2, 0.25) is 0 Å². The van der Waals surface area contributed by atoms with Gasteiger partial charge in [-0.05, 0) is 36.2 Å². The van der Waals surface area contributed by atoms with E-state index in [1.807, 2.05) is 0 Å². The summed E-state index contributed by atoms with van der Waals surface area (Å²) in [5.41, 5.74) is 1.53. The smallest absolute Gasteiger partial charge is 0.0162 e. The first kappa shape index (κ1) is 11.7. The SMILES string of the molecule is CC[C@H]1CC[C@H](C(C)c2ccccc2)CC1. The molecule has 88 valence electrons. The van der Waals surface area contributed by atoms with Gasteiger partial charge in [0.15, 0.2) is 0 Å². The highest BCUT2D eigenvalue weighted by molar-refractivity contribution is 5.19. The molecule has 16 heavy (non-hydrogen) atoms. The van der Waals surface area contributed by atoms with Crippen molar-refractivity contribution in [2.45, 2.75) is 51.9 Å². The fourth-order valence-electron chi connectivity index (χ4n) is 3.13. The minimum absolute atomic E-state index is 0.749. The van der Waals surface area contributed by atoms with E-state index < -0.39 is 0 Å². The Morgan fingerprint density at radius 3 is 2.25 bits per heavy atom. The molecule has 0 saturated heterocycles. The Morgan fingerprint density at radius 1 is 1.06 bits per heavy atom. The third-order valence-corrected chi connectivity index (χ3v) is 4.50. The lowest BCUT2D eigenvalue weighted by atomic mass is 9.74. The Labute approximate surface area is 100 Å². The highest BCUT2D eigenvalue weighted by atomic mass is 14.3. The summed E-state index contributed by atoms with van der Waals surface area (Å²) >= 11 is 0. The molecule has 0 aromatic heterocycles. The highest BCUT2D eigenvalue weighted by Crippen LogP contribution is 2.38. The van der Waals surface area contributed by atoms with Crippen molar-refractivity contribution in [2.24, 2.45) is 11.8 Å². The Kier molecular flexibility index (Phi) is 4.04. The first-order valence-electron chi connectivity index (χ1n) is 6.86. The summed E-state index contributed by atoms with van der Waals surface area (Å²) in [5.74, 6) is 2.68. The molecule has 0 amide bonds. The second-order valence-electron chi connectivity index (χ2n) is 5.39. The molecule has 0 spiro atoms. The molecule has 1 aliphatic carbocycles. The summed E-state index contributed by atoms with van der Waals surface area (Å²) in [7, 11) is 0. The topological polar surface area (TPSA) is 0 Å². The van der Waals surface area contributed by atoms with Gasteiger partial charge in [-0.1, -0.05) is 63.4 Å². The van der Waals surface area contributed by atoms with Crippen molar-refractivity contribution in [2.75, 3.05) is 0 Å². The molecular formula is C16H24. The molecule has 1 aromatic carbocycles. The minimum atomic E-state index is 0.749. The van der Waals surface area contributed by atoms with E-state index in [9.17, 15) is 0 Å². The quantitative estimate of drug-likeness (QED) is 0.666. The van der Waals surface area contributed by atoms with Crippen LogP contribution in [0.1, 0.15) is 57.4 Å². The van der Waals surface area contributed by atoms with Crippen LogP contribution in [0.25, 0.3) is 0 Å². The lowest BCUT2D eigenvalue weighted by Gasteiger charge is -2.32. The molecule has 0 nitrogen and oxygen atoms in total. The second-order valence-corrected chi connectivity index (χ2v) is 5.39. The van der Waals surface area contributed by atoms with E-state index >= 15 is 0 Å². The van der Waals surface area contributed by atoms with Gasteiger partial charge in [0.1, 0.15) is 0 Å². The molecule has 1 unspecified atom stereocenters. The van der Waals surface area contributed by atoms with Crippen LogP contribution in [0.15, 0.2) is 30.3 Å². The molecule has 1 fully saturated rings. The molecule has 0 aliphatic heterocycles. The van der Waals surface area contributed by atoms with E-state index in [0.717, 1.165) is 17.8 Å². The van der Waals surface area contributed by atoms with Crippen LogP contribution >= 0.6 is 0 Å². The molecule has 0 heteroatoms. The molecule has 1 aromatic rings. The van der Waals surface area contributed by atoms with Crippen LogP contribution < -0.4 is 0 Å². The zero-order chi connectivity index (χ0) is 11.4. The van der Waals surface area contributed by atoms with Crippen LogP contribution in [0, 0.1) is 11.8 Å². The van der Waals surface area contributed by atoms with Gasteiger partial charge in [-0.2, -0.15) is 0 Å². The maximum absolute atomic E-state index is 2.41. The Morgan fingerprint density at radius 2 is 1.69 bits per heavy atom. The van der Waals surface area contributed by atoms with Crippen molar-refractivity contribution in [3.8, 4) is 0 Å². The zero-order valence-electron chi connectivity index (χ0n) is 10.7. The maximum atomic E-state index is 2.41. The highest BCUT2D eigenvalue weighted by Gasteiger charge is 2.24. The van der Waals surface area contributed by atoms with Crippen LogP contribution in [-0.2, 0) is 0 Å². The van der Waals surface area contributed by atoms with Gasteiger partial charge in [-0.15, -0.1) is 0 Å². The molecule has 1 atom stereocenters. The van der Waals surface area contributed by atoms with Crippen LogP contribution in [0.5, 0.6) is 0 Å². The lowest BCUT2D eigenvalue weighted by molar-refractivity contribution is 0.244. The van der Waals surface area contributed by atoms with Crippen molar-refractivity contribution in [1.82, 2.24) is 0 Å². The first-order chi connectivity index (χ1) is 7.81. The van der Waals surface area contributed by atoms with Gasteiger partial charge >= 0.3 is 0 Å². The molecule has 0 bridgehead atoms. The fourth-order valence-corrected chi connectivity index (χ4v) is 3.13. The zero-order valence-corrected chi connectivity index (χ0v) is 10.7. The summed E-state index contributed by atoms with van der Waals surface area (Å²) < 4.78 is 0. The van der Waals surface area contributed by atoms with Gasteiger partial charge in [-0.3, -0.25) is 0 Å². The van der Waals surface area contributed by atoms with Crippen molar-refractivity contribution >= 4 is 0 Å². The predicted octanol–water partition coefficient (Wildman–Crippen LogP) is 5.01. The third-order valence-electron chi connectivity index (χ3n) is 4.50. The van der Waals surface area contributed by atoms with Crippen molar-refractivity contribution in [3.05, 3.63) is 35.9 Å². The van der Waals surface area contributed by atoms with E-state index in [4.69, 9.17) is 0 Å². The maximum Gasteiger partial charge on any atom is -0.0162 e. The number of rotatable bonds is 3. The molecule has 0 heterocycles. The Balaban J connectivity index is 1.94. The standard InChI is InChI=1S/C16H24/c1-3-14-9-11-16(12-10-14)13(2)15-7-5-4-6-8-15/h4-8,13-14,16H,3,9-12H2,1-2H3/t13?,14-,16-. The van der Waals surface area contributed by atoms with E-state index in [1.54, 1.807) is 0 Å². The van der Waals surface area contributed by atoms with Crippen LogP contribution in [-0.4, -0.2) is 0 Å². The van der Waals surface area contributed by atoms with Gasteiger partial charge < -0.3 is 0 Å². The van der Waals surface area contributed by atoms with E-state index in [0.29, 0.717) is 0 Å². The first-order valence-corrected chi connectivity index (χ1v) is 6.86. The van der Waals surface area contributed by atoms with Crippen molar-refractivity contribution in [3.63, 3.8) is 0 Å². The summed E-state index contributed by atoms with van der Waals surface area (Å²) in [6.45, 7) is 4.75.